The molecule has 2 N–H and O–H groups in total. The number of piperidine rings is 1. The molecule has 2 aliphatic heterocycles. The van der Waals surface area contributed by atoms with Gasteiger partial charge in [-0.1, -0.05) is 19.3 Å². The van der Waals surface area contributed by atoms with Crippen molar-refractivity contribution in [2.45, 2.75) is 57.0 Å². The van der Waals surface area contributed by atoms with Gasteiger partial charge in [0.05, 0.1) is 0 Å². The van der Waals surface area contributed by atoms with Crippen molar-refractivity contribution in [2.75, 3.05) is 44.2 Å². The van der Waals surface area contributed by atoms with Crippen molar-refractivity contribution in [3.8, 4) is 0 Å². The van der Waals surface area contributed by atoms with Crippen LogP contribution in [0.3, 0.4) is 0 Å². The second kappa shape index (κ2) is 8.76. The van der Waals surface area contributed by atoms with E-state index in [9.17, 15) is 0 Å². The van der Waals surface area contributed by atoms with Crippen LogP contribution in [0.5, 0.6) is 0 Å². The molecule has 2 saturated heterocycles. The molecule has 3 nitrogen and oxygen atoms in total. The third-order valence-electron chi connectivity index (χ3n) is 5.62. The van der Waals surface area contributed by atoms with Crippen LogP contribution >= 0.6 is 11.8 Å². The highest BCUT2D eigenvalue weighted by atomic mass is 32.2. The van der Waals surface area contributed by atoms with E-state index < -0.39 is 0 Å². The lowest BCUT2D eigenvalue weighted by atomic mass is 9.77. The molecule has 0 radical (unpaired) electrons. The van der Waals surface area contributed by atoms with E-state index in [0.29, 0.717) is 0 Å². The first-order valence-electron chi connectivity index (χ1n) is 9.20. The van der Waals surface area contributed by atoms with Crippen molar-refractivity contribution in [1.29, 1.82) is 0 Å². The summed E-state index contributed by atoms with van der Waals surface area (Å²) in [6, 6.07) is 1.57. The summed E-state index contributed by atoms with van der Waals surface area (Å²) in [4.78, 5) is 2.64. The largest absolute Gasteiger partial charge is 0.314 e. The topological polar surface area (TPSA) is 27.3 Å². The van der Waals surface area contributed by atoms with Crippen LogP contribution in [0.15, 0.2) is 0 Å². The predicted octanol–water partition coefficient (Wildman–Crippen LogP) is 2.33. The zero-order valence-corrected chi connectivity index (χ0v) is 14.3. The molecule has 3 aliphatic rings. The van der Waals surface area contributed by atoms with Gasteiger partial charge in [-0.3, -0.25) is 0 Å². The average molecular weight is 312 g/mol. The lowest BCUT2D eigenvalue weighted by Crippen LogP contribution is -2.51. The van der Waals surface area contributed by atoms with Crippen LogP contribution in [0, 0.1) is 5.92 Å². The van der Waals surface area contributed by atoms with Crippen LogP contribution < -0.4 is 10.6 Å². The maximum atomic E-state index is 3.93. The third kappa shape index (κ3) is 4.85. The molecular formula is C17H33N3S. The summed E-state index contributed by atoms with van der Waals surface area (Å²) >= 11 is 2.11. The second-order valence-electron chi connectivity index (χ2n) is 7.02. The second-order valence-corrected chi connectivity index (χ2v) is 8.24. The van der Waals surface area contributed by atoms with Gasteiger partial charge >= 0.3 is 0 Å². The Kier molecular flexibility index (Phi) is 6.71. The molecule has 0 aromatic rings. The minimum atomic E-state index is 0.772. The molecule has 3 fully saturated rings. The van der Waals surface area contributed by atoms with Crippen molar-refractivity contribution in [3.05, 3.63) is 0 Å². The normalized spacial score (nSPS) is 35.7. The van der Waals surface area contributed by atoms with Crippen LogP contribution in [0.4, 0.5) is 0 Å². The maximum Gasteiger partial charge on any atom is 0.0111 e. The van der Waals surface area contributed by atoms with Crippen molar-refractivity contribution < 1.29 is 0 Å². The Balaban J connectivity index is 1.42. The van der Waals surface area contributed by atoms with Crippen LogP contribution in [-0.2, 0) is 0 Å². The van der Waals surface area contributed by atoms with E-state index in [-0.39, 0.29) is 0 Å². The fourth-order valence-electron chi connectivity index (χ4n) is 4.37. The number of nitrogens with one attached hydrogen (secondary N) is 2. The first-order valence-corrected chi connectivity index (χ1v) is 10.4. The number of nitrogens with zero attached hydrogens (tertiary/aromatic N) is 1. The highest BCUT2D eigenvalue weighted by molar-refractivity contribution is 7.99. The molecule has 3 unspecified atom stereocenters. The minimum Gasteiger partial charge on any atom is -0.314 e. The van der Waals surface area contributed by atoms with E-state index >= 15 is 0 Å². The van der Waals surface area contributed by atoms with Crippen LogP contribution in [0.2, 0.25) is 0 Å². The lowest BCUT2D eigenvalue weighted by molar-refractivity contribution is 0.177. The van der Waals surface area contributed by atoms with Gasteiger partial charge in [0, 0.05) is 49.8 Å². The van der Waals surface area contributed by atoms with E-state index in [1.165, 1.54) is 89.2 Å². The van der Waals surface area contributed by atoms with E-state index in [2.05, 4.69) is 27.3 Å². The Bertz CT molecular complexity index is 288. The lowest BCUT2D eigenvalue weighted by Gasteiger charge is -2.40. The molecule has 0 spiro atoms. The molecule has 1 aliphatic carbocycles. The Morgan fingerprint density at radius 1 is 1.00 bits per heavy atom. The molecule has 122 valence electrons. The van der Waals surface area contributed by atoms with Gasteiger partial charge in [-0.15, -0.1) is 0 Å². The van der Waals surface area contributed by atoms with Gasteiger partial charge in [0.25, 0.3) is 0 Å². The van der Waals surface area contributed by atoms with E-state index in [4.69, 9.17) is 0 Å². The smallest absolute Gasteiger partial charge is 0.0111 e. The summed E-state index contributed by atoms with van der Waals surface area (Å²) in [6.07, 6.45) is 9.95. The quantitative estimate of drug-likeness (QED) is 0.815. The monoisotopic (exact) mass is 311 g/mol. The molecule has 0 aromatic carbocycles. The summed E-state index contributed by atoms with van der Waals surface area (Å²) in [6.45, 7) is 6.29. The maximum absolute atomic E-state index is 3.93. The van der Waals surface area contributed by atoms with Gasteiger partial charge in [0.2, 0.25) is 0 Å². The number of hydrogen-bond acceptors (Lipinski definition) is 4. The molecule has 3 atom stereocenters. The molecule has 21 heavy (non-hydrogen) atoms. The Morgan fingerprint density at radius 2 is 1.81 bits per heavy atom. The molecule has 0 bridgehead atoms. The molecule has 4 heteroatoms. The zero-order chi connectivity index (χ0) is 14.3. The minimum absolute atomic E-state index is 0.772. The zero-order valence-electron chi connectivity index (χ0n) is 13.5. The summed E-state index contributed by atoms with van der Waals surface area (Å²) in [5, 5.41) is 7.73. The third-order valence-corrected chi connectivity index (χ3v) is 6.57. The Hall–Kier alpha value is 0.230. The van der Waals surface area contributed by atoms with Gasteiger partial charge < -0.3 is 15.5 Å². The van der Waals surface area contributed by atoms with Crippen LogP contribution in [-0.4, -0.2) is 61.2 Å². The average Bonchev–Trinajstić information content (AvgIpc) is 2.57. The molecule has 0 aromatic heterocycles. The number of rotatable bonds is 5. The summed E-state index contributed by atoms with van der Waals surface area (Å²) in [5.74, 6) is 3.55. The van der Waals surface area contributed by atoms with Gasteiger partial charge in [-0.05, 0) is 38.1 Å². The standard InChI is InChI=1S/C17H33N3S/c1-2-6-17(15(5-1)16-7-3-4-8-18-16)19-9-10-20-11-13-21-14-12-20/h15-19H,1-14H2. The predicted molar refractivity (Wildman–Crippen MR) is 93.2 cm³/mol. The van der Waals surface area contributed by atoms with Crippen molar-refractivity contribution in [1.82, 2.24) is 15.5 Å². The van der Waals surface area contributed by atoms with Crippen LogP contribution in [0.1, 0.15) is 44.9 Å². The van der Waals surface area contributed by atoms with Gasteiger partial charge in [-0.2, -0.15) is 11.8 Å². The molecular weight excluding hydrogens is 278 g/mol. The summed E-state index contributed by atoms with van der Waals surface area (Å²) < 4.78 is 0. The summed E-state index contributed by atoms with van der Waals surface area (Å²) in [5.41, 5.74) is 0. The van der Waals surface area contributed by atoms with E-state index in [1.54, 1.807) is 0 Å². The Labute approximate surface area is 135 Å². The molecule has 3 rings (SSSR count). The number of hydrogen-bond donors (Lipinski definition) is 2. The highest BCUT2D eigenvalue weighted by Crippen LogP contribution is 2.30. The molecule has 2 heterocycles. The Morgan fingerprint density at radius 3 is 2.62 bits per heavy atom. The van der Waals surface area contributed by atoms with E-state index in [0.717, 1.165) is 18.0 Å². The van der Waals surface area contributed by atoms with Crippen molar-refractivity contribution >= 4 is 11.8 Å². The highest BCUT2D eigenvalue weighted by Gasteiger charge is 2.32. The first-order chi connectivity index (χ1) is 10.4. The van der Waals surface area contributed by atoms with Crippen LogP contribution in [0.25, 0.3) is 0 Å². The fraction of sp³-hybridized carbons (Fsp3) is 1.00. The molecule has 0 amide bonds. The fourth-order valence-corrected chi connectivity index (χ4v) is 5.35. The number of thioether (sulfide) groups is 1. The van der Waals surface area contributed by atoms with Crippen molar-refractivity contribution in [3.63, 3.8) is 0 Å². The van der Waals surface area contributed by atoms with E-state index in [1.807, 2.05) is 0 Å². The summed E-state index contributed by atoms with van der Waals surface area (Å²) in [7, 11) is 0. The van der Waals surface area contributed by atoms with Gasteiger partial charge in [-0.25, -0.2) is 0 Å². The molecule has 1 saturated carbocycles. The van der Waals surface area contributed by atoms with Crippen molar-refractivity contribution in [2.24, 2.45) is 5.92 Å². The SMILES string of the molecule is C1CCC(C2CCCCC2NCCN2CCSCC2)NC1. The van der Waals surface area contributed by atoms with Gasteiger partial charge in [0.15, 0.2) is 0 Å². The van der Waals surface area contributed by atoms with Gasteiger partial charge in [0.1, 0.15) is 0 Å². The first kappa shape index (κ1) is 16.1.